The fourth-order valence-corrected chi connectivity index (χ4v) is 4.09. The summed E-state index contributed by atoms with van der Waals surface area (Å²) in [5, 5.41) is 2.53. The van der Waals surface area contributed by atoms with Gasteiger partial charge in [0, 0.05) is 45.8 Å². The first kappa shape index (κ1) is 15.8. The lowest BCUT2D eigenvalue weighted by molar-refractivity contribution is 0.820. The molecule has 3 heteroatoms. The van der Waals surface area contributed by atoms with Crippen molar-refractivity contribution in [3.63, 3.8) is 0 Å². The molecule has 5 rings (SSSR count). The van der Waals surface area contributed by atoms with Crippen LogP contribution in [0.4, 0.5) is 5.69 Å². The van der Waals surface area contributed by atoms with Crippen LogP contribution >= 0.6 is 0 Å². The van der Waals surface area contributed by atoms with Gasteiger partial charge in [0.05, 0.1) is 0 Å². The maximum atomic E-state index is 6.29. The van der Waals surface area contributed by atoms with Gasteiger partial charge < -0.3 is 15.7 Å². The summed E-state index contributed by atoms with van der Waals surface area (Å²) < 4.78 is 0. The molecule has 0 fully saturated rings. The minimum absolute atomic E-state index is 0.210. The Bertz CT molecular complexity index is 1150. The highest BCUT2D eigenvalue weighted by atomic mass is 14.7. The molecule has 27 heavy (non-hydrogen) atoms. The predicted octanol–water partition coefficient (Wildman–Crippen LogP) is 5.61. The van der Waals surface area contributed by atoms with Crippen LogP contribution in [0.2, 0.25) is 0 Å². The van der Waals surface area contributed by atoms with E-state index in [0.29, 0.717) is 0 Å². The molecular weight excluding hydrogens is 330 g/mol. The monoisotopic (exact) mass is 351 g/mol. The average Bonchev–Trinajstić information content (AvgIpc) is 3.32. The fourth-order valence-electron chi connectivity index (χ4n) is 4.09. The lowest BCUT2D eigenvalue weighted by atomic mass is 9.85. The van der Waals surface area contributed by atoms with E-state index in [9.17, 15) is 0 Å². The van der Waals surface area contributed by atoms with Crippen molar-refractivity contribution in [2.75, 3.05) is 5.73 Å². The van der Waals surface area contributed by atoms with Gasteiger partial charge in [-0.25, -0.2) is 0 Å². The normalized spacial score (nSPS) is 11.6. The van der Waals surface area contributed by atoms with Crippen molar-refractivity contribution in [3.05, 3.63) is 102 Å². The zero-order valence-corrected chi connectivity index (χ0v) is 14.9. The standard InChI is InChI=1S/C24H21N3/c25-22-10-4-1-7-16(22)13-19(20-14-26-23-11-5-2-8-17(20)23)21-15-27-24-12-6-3-9-18(21)24/h1-12,14-15,19,26-27H,13,25H2. The van der Waals surface area contributed by atoms with E-state index in [1.165, 1.54) is 38.5 Å². The van der Waals surface area contributed by atoms with Gasteiger partial charge in [0.25, 0.3) is 0 Å². The van der Waals surface area contributed by atoms with Crippen LogP contribution in [0.3, 0.4) is 0 Å². The number of nitrogens with two attached hydrogens (primary N) is 1. The van der Waals surface area contributed by atoms with Gasteiger partial charge in [-0.2, -0.15) is 0 Å². The highest BCUT2D eigenvalue weighted by molar-refractivity contribution is 5.88. The van der Waals surface area contributed by atoms with E-state index in [-0.39, 0.29) is 5.92 Å². The van der Waals surface area contributed by atoms with Gasteiger partial charge in [-0.3, -0.25) is 0 Å². The fraction of sp³-hybridized carbons (Fsp3) is 0.0833. The van der Waals surface area contributed by atoms with Gasteiger partial charge in [0.15, 0.2) is 0 Å². The zero-order valence-electron chi connectivity index (χ0n) is 14.9. The molecule has 5 aromatic rings. The number of rotatable bonds is 4. The van der Waals surface area contributed by atoms with E-state index >= 15 is 0 Å². The lowest BCUT2D eigenvalue weighted by Crippen LogP contribution is -2.06. The summed E-state index contributed by atoms with van der Waals surface area (Å²) in [6, 6.07) is 25.1. The van der Waals surface area contributed by atoms with Crippen LogP contribution in [0, 0.1) is 0 Å². The van der Waals surface area contributed by atoms with Crippen LogP contribution in [0.1, 0.15) is 22.6 Å². The van der Waals surface area contributed by atoms with Crippen molar-refractivity contribution in [1.82, 2.24) is 9.97 Å². The van der Waals surface area contributed by atoms with E-state index in [2.05, 4.69) is 83.0 Å². The second-order valence-corrected chi connectivity index (χ2v) is 7.03. The Kier molecular flexibility index (Phi) is 3.72. The van der Waals surface area contributed by atoms with Crippen LogP contribution in [-0.4, -0.2) is 9.97 Å². The third-order valence-electron chi connectivity index (χ3n) is 5.47. The van der Waals surface area contributed by atoms with Gasteiger partial charge in [-0.1, -0.05) is 54.6 Å². The molecule has 0 bridgehead atoms. The summed E-state index contributed by atoms with van der Waals surface area (Å²) in [5.41, 5.74) is 13.3. The molecule has 0 saturated carbocycles. The van der Waals surface area contributed by atoms with Crippen molar-refractivity contribution in [2.45, 2.75) is 12.3 Å². The number of aromatic nitrogens is 2. The number of hydrogen-bond donors (Lipinski definition) is 3. The molecule has 0 amide bonds. The zero-order chi connectivity index (χ0) is 18.2. The molecular formula is C24H21N3. The highest BCUT2D eigenvalue weighted by Gasteiger charge is 2.22. The maximum Gasteiger partial charge on any atom is 0.0457 e. The number of anilines is 1. The van der Waals surface area contributed by atoms with Crippen molar-refractivity contribution in [1.29, 1.82) is 0 Å². The largest absolute Gasteiger partial charge is 0.399 e. The molecule has 2 aromatic heterocycles. The van der Waals surface area contributed by atoms with Gasteiger partial charge in [-0.15, -0.1) is 0 Å². The molecule has 4 N–H and O–H groups in total. The van der Waals surface area contributed by atoms with Gasteiger partial charge in [-0.05, 0) is 41.3 Å². The topological polar surface area (TPSA) is 57.6 Å². The van der Waals surface area contributed by atoms with E-state index in [1.807, 2.05) is 12.1 Å². The minimum Gasteiger partial charge on any atom is -0.399 e. The molecule has 0 aliphatic carbocycles. The van der Waals surface area contributed by atoms with Gasteiger partial charge in [0.1, 0.15) is 0 Å². The van der Waals surface area contributed by atoms with Crippen molar-refractivity contribution in [3.8, 4) is 0 Å². The molecule has 0 aliphatic heterocycles. The summed E-state index contributed by atoms with van der Waals surface area (Å²) >= 11 is 0. The molecule has 0 saturated heterocycles. The second-order valence-electron chi connectivity index (χ2n) is 7.03. The van der Waals surface area contributed by atoms with Crippen LogP contribution in [-0.2, 0) is 6.42 Å². The summed E-state index contributed by atoms with van der Waals surface area (Å²) in [4.78, 5) is 6.88. The average molecular weight is 351 g/mol. The first-order chi connectivity index (χ1) is 13.3. The van der Waals surface area contributed by atoms with Crippen molar-refractivity contribution >= 4 is 27.5 Å². The first-order valence-electron chi connectivity index (χ1n) is 9.26. The van der Waals surface area contributed by atoms with E-state index in [4.69, 9.17) is 5.73 Å². The van der Waals surface area contributed by atoms with Crippen LogP contribution in [0.5, 0.6) is 0 Å². The molecule has 0 spiro atoms. The third-order valence-corrected chi connectivity index (χ3v) is 5.47. The summed E-state index contributed by atoms with van der Waals surface area (Å²) in [6.07, 6.45) is 5.16. The molecule has 3 nitrogen and oxygen atoms in total. The molecule has 0 unspecified atom stereocenters. The van der Waals surface area contributed by atoms with E-state index in [1.54, 1.807) is 0 Å². The Labute approximate surface area is 157 Å². The third kappa shape index (κ3) is 2.68. The Morgan fingerprint density at radius 3 is 1.78 bits per heavy atom. The number of nitrogen functional groups attached to an aromatic ring is 1. The quantitative estimate of drug-likeness (QED) is 0.362. The Morgan fingerprint density at radius 2 is 1.19 bits per heavy atom. The molecule has 2 heterocycles. The number of fused-ring (bicyclic) bond motifs is 2. The molecule has 0 radical (unpaired) electrons. The molecule has 0 atom stereocenters. The van der Waals surface area contributed by atoms with Crippen molar-refractivity contribution < 1.29 is 0 Å². The minimum atomic E-state index is 0.210. The van der Waals surface area contributed by atoms with Crippen LogP contribution in [0.25, 0.3) is 21.8 Å². The molecule has 132 valence electrons. The Hall–Kier alpha value is -3.46. The number of hydrogen-bond acceptors (Lipinski definition) is 1. The summed E-state index contributed by atoms with van der Waals surface area (Å²) in [6.45, 7) is 0. The number of para-hydroxylation sites is 3. The number of aromatic amines is 2. The second kappa shape index (κ2) is 6.36. The SMILES string of the molecule is Nc1ccccc1CC(c1c[nH]c2ccccc12)c1c[nH]c2ccccc12. The van der Waals surface area contributed by atoms with E-state index in [0.717, 1.165) is 12.1 Å². The predicted molar refractivity (Wildman–Crippen MR) is 113 cm³/mol. The summed E-state index contributed by atoms with van der Waals surface area (Å²) in [7, 11) is 0. The number of H-pyrrole nitrogens is 2. The van der Waals surface area contributed by atoms with Gasteiger partial charge in [0.2, 0.25) is 0 Å². The Morgan fingerprint density at radius 1 is 0.667 bits per heavy atom. The highest BCUT2D eigenvalue weighted by Crippen LogP contribution is 2.37. The van der Waals surface area contributed by atoms with E-state index < -0.39 is 0 Å². The Balaban J connectivity index is 1.71. The molecule has 3 aromatic carbocycles. The smallest absolute Gasteiger partial charge is 0.0457 e. The van der Waals surface area contributed by atoms with Crippen molar-refractivity contribution in [2.24, 2.45) is 0 Å². The first-order valence-corrected chi connectivity index (χ1v) is 9.26. The number of nitrogens with one attached hydrogen (secondary N) is 2. The maximum absolute atomic E-state index is 6.29. The summed E-state index contributed by atoms with van der Waals surface area (Å²) in [5.74, 6) is 0.210. The van der Waals surface area contributed by atoms with Crippen LogP contribution < -0.4 is 5.73 Å². The van der Waals surface area contributed by atoms with Crippen LogP contribution in [0.15, 0.2) is 85.2 Å². The van der Waals surface area contributed by atoms with Gasteiger partial charge >= 0.3 is 0 Å². The lowest BCUT2D eigenvalue weighted by Gasteiger charge is -2.18. The number of benzene rings is 3. The molecule has 0 aliphatic rings.